The van der Waals surface area contributed by atoms with Gasteiger partial charge in [-0.15, -0.1) is 0 Å². The van der Waals surface area contributed by atoms with E-state index in [1.54, 1.807) is 33.9 Å². The molecule has 1 heterocycles. The molecule has 0 saturated heterocycles. The summed E-state index contributed by atoms with van der Waals surface area (Å²) < 4.78 is 14.9. The number of benzene rings is 1. The monoisotopic (exact) mass is 370 g/mol. The average molecular weight is 370 g/mol. The standard InChI is InChI=1S/C21H27FN4O/c1-20(2)18(27)26(5)19(23)25-21(20,3)15-12-13(9-10-16(15)22)11-14-7-6-8-17(14)24-4/h9-10,12,14,17H,6-8,11H2,1-3,5H3,(H2,23,25)/t14?,17?,21-/m1/s1. The molecule has 2 unspecified atom stereocenters. The Morgan fingerprint density at radius 2 is 2.07 bits per heavy atom. The van der Waals surface area contributed by atoms with E-state index >= 15 is 0 Å². The van der Waals surface area contributed by atoms with Gasteiger partial charge in [-0.3, -0.25) is 9.69 Å². The van der Waals surface area contributed by atoms with Crippen molar-refractivity contribution in [1.82, 2.24) is 4.90 Å². The summed E-state index contributed by atoms with van der Waals surface area (Å²) in [5, 5.41) is 0. The normalized spacial score (nSPS) is 30.1. The number of rotatable bonds is 3. The molecule has 1 aromatic rings. The van der Waals surface area contributed by atoms with Gasteiger partial charge in [0.05, 0.1) is 5.41 Å². The Morgan fingerprint density at radius 1 is 1.37 bits per heavy atom. The van der Waals surface area contributed by atoms with Gasteiger partial charge in [0.25, 0.3) is 0 Å². The molecule has 144 valence electrons. The molecule has 2 N–H and O–H groups in total. The van der Waals surface area contributed by atoms with Crippen molar-refractivity contribution in [3.8, 4) is 0 Å². The third kappa shape index (κ3) is 2.99. The number of guanidine groups is 1. The van der Waals surface area contributed by atoms with Crippen molar-refractivity contribution in [1.29, 1.82) is 0 Å². The SMILES string of the molecule is [C-]#[N+]C1CCCC1Cc1ccc(F)c([C@@]2(C)N=C(N)N(C)C(=O)C2(C)C)c1. The molecular weight excluding hydrogens is 343 g/mol. The van der Waals surface area contributed by atoms with Crippen molar-refractivity contribution in [3.63, 3.8) is 0 Å². The van der Waals surface area contributed by atoms with E-state index in [1.807, 2.05) is 6.07 Å². The molecule has 27 heavy (non-hydrogen) atoms. The largest absolute Gasteiger partial charge is 0.369 e. The highest BCUT2D eigenvalue weighted by molar-refractivity contribution is 6.01. The third-order valence-electron chi connectivity index (χ3n) is 6.58. The highest BCUT2D eigenvalue weighted by atomic mass is 19.1. The van der Waals surface area contributed by atoms with Crippen LogP contribution in [0.1, 0.15) is 51.2 Å². The van der Waals surface area contributed by atoms with Crippen LogP contribution in [0.15, 0.2) is 23.2 Å². The zero-order valence-corrected chi connectivity index (χ0v) is 16.4. The van der Waals surface area contributed by atoms with E-state index in [4.69, 9.17) is 12.3 Å². The first-order chi connectivity index (χ1) is 12.6. The van der Waals surface area contributed by atoms with Gasteiger partial charge >= 0.3 is 0 Å². The zero-order valence-electron chi connectivity index (χ0n) is 16.4. The van der Waals surface area contributed by atoms with Gasteiger partial charge in [-0.2, -0.15) is 0 Å². The van der Waals surface area contributed by atoms with E-state index in [0.717, 1.165) is 31.2 Å². The second-order valence-corrected chi connectivity index (χ2v) is 8.44. The van der Waals surface area contributed by atoms with Crippen LogP contribution in [-0.4, -0.2) is 29.9 Å². The van der Waals surface area contributed by atoms with Crippen molar-refractivity contribution in [2.45, 2.75) is 58.0 Å². The maximum Gasteiger partial charge on any atom is 0.237 e. The van der Waals surface area contributed by atoms with E-state index in [-0.39, 0.29) is 17.9 Å². The predicted octanol–water partition coefficient (Wildman–Crippen LogP) is 3.48. The summed E-state index contributed by atoms with van der Waals surface area (Å²) in [6.07, 6.45) is 3.77. The van der Waals surface area contributed by atoms with Crippen LogP contribution in [0.3, 0.4) is 0 Å². The predicted molar refractivity (Wildman–Crippen MR) is 103 cm³/mol. The number of carbonyl (C=O) groups is 1. The fourth-order valence-corrected chi connectivity index (χ4v) is 4.37. The minimum atomic E-state index is -1.10. The Hall–Kier alpha value is -2.42. The molecule has 2 aliphatic rings. The Balaban J connectivity index is 2.03. The molecule has 3 rings (SSSR count). The highest BCUT2D eigenvalue weighted by Crippen LogP contribution is 2.47. The van der Waals surface area contributed by atoms with Crippen molar-refractivity contribution in [2.75, 3.05) is 7.05 Å². The first kappa shape index (κ1) is 19.3. The van der Waals surface area contributed by atoms with Gasteiger partial charge in [0, 0.05) is 24.9 Å². The molecule has 0 radical (unpaired) electrons. The summed E-state index contributed by atoms with van der Waals surface area (Å²) in [6.45, 7) is 12.7. The smallest absolute Gasteiger partial charge is 0.237 e. The second-order valence-electron chi connectivity index (χ2n) is 8.44. The lowest BCUT2D eigenvalue weighted by atomic mass is 9.67. The molecule has 6 heteroatoms. The lowest BCUT2D eigenvalue weighted by Gasteiger charge is -2.46. The molecular formula is C21H27FN4O. The summed E-state index contributed by atoms with van der Waals surface area (Å²) in [5.74, 6) is -0.188. The number of halogens is 1. The van der Waals surface area contributed by atoms with Gasteiger partial charge in [-0.1, -0.05) is 12.1 Å². The van der Waals surface area contributed by atoms with E-state index in [9.17, 15) is 9.18 Å². The van der Waals surface area contributed by atoms with Crippen molar-refractivity contribution in [3.05, 3.63) is 46.6 Å². The quantitative estimate of drug-likeness (QED) is 0.828. The summed E-state index contributed by atoms with van der Waals surface area (Å²) in [7, 11) is 1.58. The molecule has 0 aromatic heterocycles. The Morgan fingerprint density at radius 3 is 2.74 bits per heavy atom. The number of aliphatic imine (C=N–C) groups is 1. The average Bonchev–Trinajstić information content (AvgIpc) is 3.07. The van der Waals surface area contributed by atoms with Crippen LogP contribution in [0.25, 0.3) is 4.85 Å². The number of carbonyl (C=O) groups excluding carboxylic acids is 1. The van der Waals surface area contributed by atoms with Gasteiger partial charge in [0.15, 0.2) is 5.96 Å². The third-order valence-corrected chi connectivity index (χ3v) is 6.58. The van der Waals surface area contributed by atoms with Crippen LogP contribution in [0, 0.1) is 23.7 Å². The molecule has 1 aromatic carbocycles. The van der Waals surface area contributed by atoms with Crippen molar-refractivity contribution < 1.29 is 9.18 Å². The topological polar surface area (TPSA) is 63.0 Å². The Bertz CT molecular complexity index is 841. The minimum Gasteiger partial charge on any atom is -0.369 e. The summed E-state index contributed by atoms with van der Waals surface area (Å²) in [5.41, 5.74) is 5.27. The second kappa shape index (κ2) is 6.63. The van der Waals surface area contributed by atoms with Gasteiger partial charge in [-0.25, -0.2) is 16.0 Å². The number of nitrogens with two attached hydrogens (primary N) is 1. The lowest BCUT2D eigenvalue weighted by Crippen LogP contribution is -2.58. The van der Waals surface area contributed by atoms with Crippen LogP contribution in [0.5, 0.6) is 0 Å². The van der Waals surface area contributed by atoms with Crippen molar-refractivity contribution >= 4 is 11.9 Å². The molecule has 0 bridgehead atoms. The number of hydrogen-bond acceptors (Lipinski definition) is 3. The maximum atomic E-state index is 14.9. The van der Waals surface area contributed by atoms with Gasteiger partial charge in [0.2, 0.25) is 11.9 Å². The number of nitrogens with zero attached hydrogens (tertiary/aromatic N) is 3. The highest BCUT2D eigenvalue weighted by Gasteiger charge is 2.53. The van der Waals surface area contributed by atoms with Gasteiger partial charge in [-0.05, 0) is 51.7 Å². The van der Waals surface area contributed by atoms with Crippen LogP contribution in [0.2, 0.25) is 0 Å². The molecule has 1 fully saturated rings. The molecule has 1 saturated carbocycles. The number of amides is 1. The van der Waals surface area contributed by atoms with E-state index in [2.05, 4.69) is 9.84 Å². The van der Waals surface area contributed by atoms with Crippen molar-refractivity contribution in [2.24, 2.45) is 22.1 Å². The molecule has 1 aliphatic carbocycles. The molecule has 5 nitrogen and oxygen atoms in total. The fraction of sp³-hybridized carbons (Fsp3) is 0.571. The van der Waals surface area contributed by atoms with E-state index in [0.29, 0.717) is 11.5 Å². The lowest BCUT2D eigenvalue weighted by molar-refractivity contribution is -0.140. The molecule has 3 atom stereocenters. The van der Waals surface area contributed by atoms with Gasteiger partial charge in [0.1, 0.15) is 11.4 Å². The van der Waals surface area contributed by atoms with Gasteiger partial charge < -0.3 is 10.6 Å². The molecule has 1 aliphatic heterocycles. The molecule has 1 amide bonds. The summed E-state index contributed by atoms with van der Waals surface area (Å²) >= 11 is 0. The first-order valence-electron chi connectivity index (χ1n) is 9.40. The van der Waals surface area contributed by atoms with Crippen LogP contribution < -0.4 is 5.73 Å². The first-order valence-corrected chi connectivity index (χ1v) is 9.40. The van der Waals surface area contributed by atoms with Crippen LogP contribution in [-0.2, 0) is 16.8 Å². The number of hydrogen-bond donors (Lipinski definition) is 1. The summed E-state index contributed by atoms with van der Waals surface area (Å²) in [4.78, 5) is 22.4. The Kier molecular flexibility index (Phi) is 4.75. The van der Waals surface area contributed by atoms with E-state index < -0.39 is 16.8 Å². The fourth-order valence-electron chi connectivity index (χ4n) is 4.37. The molecule has 0 spiro atoms. The van der Waals surface area contributed by atoms with Crippen LogP contribution in [0.4, 0.5) is 4.39 Å². The zero-order chi connectivity index (χ0) is 20.0. The summed E-state index contributed by atoms with van der Waals surface area (Å²) in [6, 6.07) is 5.08. The van der Waals surface area contributed by atoms with Crippen LogP contribution >= 0.6 is 0 Å². The minimum absolute atomic E-state index is 0.0455. The Labute approximate surface area is 160 Å². The maximum absolute atomic E-state index is 14.9. The van der Waals surface area contributed by atoms with E-state index in [1.165, 1.54) is 11.0 Å².